The van der Waals surface area contributed by atoms with E-state index in [2.05, 4.69) is 17.3 Å². The van der Waals surface area contributed by atoms with Gasteiger partial charge in [0, 0.05) is 29.9 Å². The van der Waals surface area contributed by atoms with Gasteiger partial charge in [-0.15, -0.1) is 0 Å². The minimum atomic E-state index is 0.512. The van der Waals surface area contributed by atoms with Crippen molar-refractivity contribution in [3.63, 3.8) is 0 Å². The predicted molar refractivity (Wildman–Crippen MR) is 81.3 cm³/mol. The number of anilines is 1. The molecule has 0 bridgehead atoms. The number of aromatic nitrogens is 2. The van der Waals surface area contributed by atoms with Crippen molar-refractivity contribution in [2.24, 2.45) is 0 Å². The summed E-state index contributed by atoms with van der Waals surface area (Å²) in [6, 6.07) is 3.33. The maximum Gasteiger partial charge on any atom is 0.0722 e. The van der Waals surface area contributed by atoms with Crippen LogP contribution in [0.4, 0.5) is 5.69 Å². The van der Waals surface area contributed by atoms with Crippen LogP contribution in [0.3, 0.4) is 0 Å². The van der Waals surface area contributed by atoms with Crippen LogP contribution in [0.2, 0.25) is 15.1 Å². The lowest BCUT2D eigenvalue weighted by molar-refractivity contribution is 0.602. The molecule has 1 N–H and O–H groups in total. The molecule has 0 aliphatic carbocycles. The number of nitrogens with one attached hydrogen (secondary N) is 1. The maximum absolute atomic E-state index is 6.10. The summed E-state index contributed by atoms with van der Waals surface area (Å²) in [7, 11) is 0. The van der Waals surface area contributed by atoms with Gasteiger partial charge >= 0.3 is 0 Å². The lowest BCUT2D eigenvalue weighted by atomic mass is 10.3. The van der Waals surface area contributed by atoms with Crippen LogP contribution in [0.1, 0.15) is 18.9 Å². The number of hydrogen-bond donors (Lipinski definition) is 1. The SMILES string of the molecule is CCCn1cc(CNc2c(Cl)cc(Cl)cc2Cl)cn1. The Morgan fingerprint density at radius 3 is 2.53 bits per heavy atom. The molecule has 0 aliphatic rings. The van der Waals surface area contributed by atoms with E-state index in [0.29, 0.717) is 27.3 Å². The highest BCUT2D eigenvalue weighted by Gasteiger charge is 2.08. The zero-order chi connectivity index (χ0) is 13.8. The molecule has 6 heteroatoms. The van der Waals surface area contributed by atoms with Crippen LogP contribution < -0.4 is 5.32 Å². The summed E-state index contributed by atoms with van der Waals surface area (Å²) >= 11 is 18.1. The van der Waals surface area contributed by atoms with E-state index in [1.54, 1.807) is 12.1 Å². The Kier molecular flexibility index (Phi) is 4.97. The zero-order valence-electron chi connectivity index (χ0n) is 10.5. The van der Waals surface area contributed by atoms with E-state index in [-0.39, 0.29) is 0 Å². The smallest absolute Gasteiger partial charge is 0.0722 e. The topological polar surface area (TPSA) is 29.9 Å². The molecule has 1 aromatic carbocycles. The second-order valence-electron chi connectivity index (χ2n) is 4.21. The average Bonchev–Trinajstić information content (AvgIpc) is 2.76. The largest absolute Gasteiger partial charge is 0.378 e. The first-order valence-electron chi connectivity index (χ1n) is 6.00. The van der Waals surface area contributed by atoms with Crippen molar-refractivity contribution in [1.82, 2.24) is 9.78 Å². The Labute approximate surface area is 127 Å². The van der Waals surface area contributed by atoms with E-state index in [9.17, 15) is 0 Å². The van der Waals surface area contributed by atoms with Gasteiger partial charge in [-0.1, -0.05) is 41.7 Å². The summed E-state index contributed by atoms with van der Waals surface area (Å²) in [5, 5.41) is 9.02. The highest BCUT2D eigenvalue weighted by Crippen LogP contribution is 2.33. The van der Waals surface area contributed by atoms with Crippen molar-refractivity contribution in [2.75, 3.05) is 5.32 Å². The fourth-order valence-corrected chi connectivity index (χ4v) is 2.70. The second-order valence-corrected chi connectivity index (χ2v) is 5.46. The number of halogens is 3. The van der Waals surface area contributed by atoms with Crippen LogP contribution >= 0.6 is 34.8 Å². The zero-order valence-corrected chi connectivity index (χ0v) is 12.7. The molecular formula is C13H14Cl3N3. The Bertz CT molecular complexity index is 543. The molecular weight excluding hydrogens is 305 g/mol. The molecule has 0 atom stereocenters. The molecule has 0 saturated carbocycles. The van der Waals surface area contributed by atoms with Crippen molar-refractivity contribution < 1.29 is 0 Å². The molecule has 19 heavy (non-hydrogen) atoms. The second kappa shape index (κ2) is 6.51. The van der Waals surface area contributed by atoms with E-state index in [1.807, 2.05) is 17.1 Å². The molecule has 2 rings (SSSR count). The van der Waals surface area contributed by atoms with Crippen molar-refractivity contribution in [3.05, 3.63) is 45.2 Å². The molecule has 0 unspecified atom stereocenters. The van der Waals surface area contributed by atoms with Crippen molar-refractivity contribution in [3.8, 4) is 0 Å². The van der Waals surface area contributed by atoms with Gasteiger partial charge < -0.3 is 5.32 Å². The van der Waals surface area contributed by atoms with Crippen molar-refractivity contribution in [2.45, 2.75) is 26.4 Å². The molecule has 3 nitrogen and oxygen atoms in total. The molecule has 102 valence electrons. The summed E-state index contributed by atoms with van der Waals surface area (Å²) in [5.41, 5.74) is 1.77. The van der Waals surface area contributed by atoms with Crippen LogP contribution in [-0.2, 0) is 13.1 Å². The Morgan fingerprint density at radius 2 is 1.89 bits per heavy atom. The molecule has 0 aliphatic heterocycles. The first kappa shape index (κ1) is 14.5. The van der Waals surface area contributed by atoms with Gasteiger partial charge in [-0.05, 0) is 18.6 Å². The first-order valence-corrected chi connectivity index (χ1v) is 7.13. The van der Waals surface area contributed by atoms with E-state index < -0.39 is 0 Å². The van der Waals surface area contributed by atoms with Gasteiger partial charge in [0.05, 0.1) is 21.9 Å². The van der Waals surface area contributed by atoms with Gasteiger partial charge in [-0.3, -0.25) is 4.68 Å². The fourth-order valence-electron chi connectivity index (χ4n) is 1.75. The van der Waals surface area contributed by atoms with E-state index in [1.165, 1.54) is 0 Å². The molecule has 0 amide bonds. The molecule has 2 aromatic rings. The normalized spacial score (nSPS) is 10.7. The van der Waals surface area contributed by atoms with Crippen molar-refractivity contribution in [1.29, 1.82) is 0 Å². The lowest BCUT2D eigenvalue weighted by Gasteiger charge is -2.09. The van der Waals surface area contributed by atoms with Gasteiger partial charge in [0.15, 0.2) is 0 Å². The summed E-state index contributed by atoms with van der Waals surface area (Å²) in [4.78, 5) is 0. The van der Waals surface area contributed by atoms with Crippen LogP contribution in [0.25, 0.3) is 0 Å². The summed E-state index contributed by atoms with van der Waals surface area (Å²) in [6.07, 6.45) is 4.90. The van der Waals surface area contributed by atoms with Crippen LogP contribution in [0.5, 0.6) is 0 Å². The summed E-state index contributed by atoms with van der Waals surface area (Å²) in [6.45, 7) is 3.65. The van der Waals surface area contributed by atoms with E-state index in [4.69, 9.17) is 34.8 Å². The third-order valence-corrected chi connectivity index (χ3v) is 3.43. The Morgan fingerprint density at radius 1 is 1.21 bits per heavy atom. The number of benzene rings is 1. The molecule has 0 spiro atoms. The number of nitrogens with zero attached hydrogens (tertiary/aromatic N) is 2. The first-order chi connectivity index (χ1) is 9.10. The van der Waals surface area contributed by atoms with E-state index in [0.717, 1.165) is 18.5 Å². The Hall–Kier alpha value is -0.900. The van der Waals surface area contributed by atoms with Gasteiger partial charge in [-0.2, -0.15) is 5.10 Å². The lowest BCUT2D eigenvalue weighted by Crippen LogP contribution is -2.00. The van der Waals surface area contributed by atoms with Crippen LogP contribution in [0.15, 0.2) is 24.5 Å². The third-order valence-electron chi connectivity index (χ3n) is 2.62. The average molecular weight is 319 g/mol. The van der Waals surface area contributed by atoms with Crippen LogP contribution in [0, 0.1) is 0 Å². The highest BCUT2D eigenvalue weighted by molar-refractivity contribution is 6.41. The highest BCUT2D eigenvalue weighted by atomic mass is 35.5. The van der Waals surface area contributed by atoms with Crippen LogP contribution in [-0.4, -0.2) is 9.78 Å². The minimum Gasteiger partial charge on any atom is -0.378 e. The predicted octanol–water partition coefficient (Wildman–Crippen LogP) is 4.87. The molecule has 1 aromatic heterocycles. The molecule has 1 heterocycles. The van der Waals surface area contributed by atoms with Gasteiger partial charge in [0.2, 0.25) is 0 Å². The fraction of sp³-hybridized carbons (Fsp3) is 0.308. The van der Waals surface area contributed by atoms with Crippen molar-refractivity contribution >= 4 is 40.5 Å². The number of aryl methyl sites for hydroxylation is 1. The minimum absolute atomic E-state index is 0.512. The monoisotopic (exact) mass is 317 g/mol. The number of rotatable bonds is 5. The third kappa shape index (κ3) is 3.78. The molecule has 0 radical (unpaired) electrons. The number of hydrogen-bond acceptors (Lipinski definition) is 2. The van der Waals surface area contributed by atoms with Gasteiger partial charge in [0.1, 0.15) is 0 Å². The quantitative estimate of drug-likeness (QED) is 0.852. The van der Waals surface area contributed by atoms with Gasteiger partial charge in [0.25, 0.3) is 0 Å². The Balaban J connectivity index is 2.05. The summed E-state index contributed by atoms with van der Waals surface area (Å²) < 4.78 is 1.92. The molecule has 0 saturated heterocycles. The standard InChI is InChI=1S/C13H14Cl3N3/c1-2-3-19-8-9(7-18-19)6-17-13-11(15)4-10(14)5-12(13)16/h4-5,7-8,17H,2-3,6H2,1H3. The maximum atomic E-state index is 6.10. The summed E-state index contributed by atoms with van der Waals surface area (Å²) in [5.74, 6) is 0. The van der Waals surface area contributed by atoms with Gasteiger partial charge in [-0.25, -0.2) is 0 Å². The molecule has 0 fully saturated rings. The van der Waals surface area contributed by atoms with E-state index >= 15 is 0 Å².